The van der Waals surface area contributed by atoms with Gasteiger partial charge in [-0.2, -0.15) is 10.4 Å². The fourth-order valence-corrected chi connectivity index (χ4v) is 3.60. The van der Waals surface area contributed by atoms with Crippen LogP contribution in [0.3, 0.4) is 0 Å². The average Bonchev–Trinajstić information content (AvgIpc) is 2.85. The van der Waals surface area contributed by atoms with Gasteiger partial charge in [0, 0.05) is 17.7 Å². The molecule has 0 atom stereocenters. The summed E-state index contributed by atoms with van der Waals surface area (Å²) in [5, 5.41) is 18.9. The van der Waals surface area contributed by atoms with Crippen LogP contribution in [0, 0.1) is 11.3 Å². The van der Waals surface area contributed by atoms with E-state index in [1.54, 1.807) is 12.1 Å². The van der Waals surface area contributed by atoms with E-state index in [-0.39, 0.29) is 0 Å². The van der Waals surface area contributed by atoms with Crippen molar-refractivity contribution in [3.05, 3.63) is 63.6 Å². The summed E-state index contributed by atoms with van der Waals surface area (Å²) in [6, 6.07) is 15.3. The third-order valence-corrected chi connectivity index (χ3v) is 5.31. The Hall–Kier alpha value is -2.48. The molecule has 0 amide bonds. The predicted molar refractivity (Wildman–Crippen MR) is 105 cm³/mol. The van der Waals surface area contributed by atoms with Gasteiger partial charge in [0.15, 0.2) is 0 Å². The number of nitrogens with one attached hydrogen (secondary N) is 1. The molecule has 0 spiro atoms. The number of fused-ring (bicyclic) bond motifs is 1. The van der Waals surface area contributed by atoms with Crippen molar-refractivity contribution in [2.45, 2.75) is 19.3 Å². The van der Waals surface area contributed by atoms with Gasteiger partial charge in [0.2, 0.25) is 0 Å². The Morgan fingerprint density at radius 2 is 1.92 bits per heavy atom. The van der Waals surface area contributed by atoms with Crippen molar-refractivity contribution in [1.82, 2.24) is 9.78 Å². The summed E-state index contributed by atoms with van der Waals surface area (Å²) in [7, 11) is 0. The molecular weight excluding hydrogens is 367 g/mol. The second-order valence-corrected chi connectivity index (χ2v) is 7.04. The Morgan fingerprint density at radius 3 is 2.73 bits per heavy atom. The van der Waals surface area contributed by atoms with Crippen LogP contribution in [0.15, 0.2) is 42.5 Å². The van der Waals surface area contributed by atoms with Crippen LogP contribution in [-0.2, 0) is 6.42 Å². The molecule has 4 nitrogen and oxygen atoms in total. The molecule has 1 aliphatic rings. The molecule has 0 bridgehead atoms. The summed E-state index contributed by atoms with van der Waals surface area (Å²) in [5.41, 5.74) is 4.30. The molecular formula is C20H16Cl2N4. The van der Waals surface area contributed by atoms with Gasteiger partial charge < -0.3 is 5.32 Å². The van der Waals surface area contributed by atoms with Crippen LogP contribution in [-0.4, -0.2) is 16.3 Å². The Kier molecular flexibility index (Phi) is 4.58. The first-order chi connectivity index (χ1) is 12.7. The summed E-state index contributed by atoms with van der Waals surface area (Å²) in [6.45, 7) is 0.883. The van der Waals surface area contributed by atoms with E-state index in [0.29, 0.717) is 15.6 Å². The normalized spacial score (nSPS) is 13.4. The van der Waals surface area contributed by atoms with Crippen molar-refractivity contribution >= 4 is 29.0 Å². The van der Waals surface area contributed by atoms with E-state index in [4.69, 9.17) is 28.3 Å². The summed E-state index contributed by atoms with van der Waals surface area (Å²) in [6.07, 6.45) is 3.10. The number of halogens is 2. The minimum Gasteiger partial charge on any atom is -0.370 e. The minimum atomic E-state index is 0.506. The summed E-state index contributed by atoms with van der Waals surface area (Å²) < 4.78 is 1.84. The van der Waals surface area contributed by atoms with Crippen molar-refractivity contribution in [2.75, 3.05) is 11.9 Å². The molecule has 2 heterocycles. The molecule has 1 aliphatic heterocycles. The number of benzene rings is 2. The maximum Gasteiger partial charge on any atom is 0.133 e. The highest BCUT2D eigenvalue weighted by molar-refractivity contribution is 6.42. The molecule has 0 aliphatic carbocycles. The van der Waals surface area contributed by atoms with E-state index >= 15 is 0 Å². The van der Waals surface area contributed by atoms with E-state index in [1.165, 1.54) is 0 Å². The molecule has 6 heteroatoms. The predicted octanol–water partition coefficient (Wildman–Crippen LogP) is 5.47. The average molecular weight is 383 g/mol. The standard InChI is InChI=1S/C20H16Cl2N4/c21-16-9-8-13(11-17(16)22)19-15-6-3-4-10-24-20(15)26(25-19)18-7-2-1-5-14(18)12-23/h1-2,5,7-9,11,24H,3-4,6,10H2. The molecule has 2 aromatic carbocycles. The molecule has 0 unspecified atom stereocenters. The van der Waals surface area contributed by atoms with E-state index in [0.717, 1.165) is 54.1 Å². The molecule has 4 rings (SSSR count). The highest BCUT2D eigenvalue weighted by Crippen LogP contribution is 2.36. The number of aromatic nitrogens is 2. The van der Waals surface area contributed by atoms with Gasteiger partial charge in [0.1, 0.15) is 11.9 Å². The monoisotopic (exact) mass is 382 g/mol. The Morgan fingerprint density at radius 1 is 1.08 bits per heavy atom. The third-order valence-electron chi connectivity index (χ3n) is 4.58. The molecule has 3 aromatic rings. The second kappa shape index (κ2) is 7.03. The van der Waals surface area contributed by atoms with Crippen molar-refractivity contribution in [3.8, 4) is 23.0 Å². The molecule has 0 saturated carbocycles. The van der Waals surface area contributed by atoms with Crippen LogP contribution in [0.5, 0.6) is 0 Å². The minimum absolute atomic E-state index is 0.506. The van der Waals surface area contributed by atoms with E-state index in [1.807, 2.05) is 35.0 Å². The van der Waals surface area contributed by atoms with E-state index in [9.17, 15) is 5.26 Å². The van der Waals surface area contributed by atoms with E-state index < -0.39 is 0 Å². The van der Waals surface area contributed by atoms with Crippen LogP contribution < -0.4 is 5.32 Å². The lowest BCUT2D eigenvalue weighted by atomic mass is 10.0. The first-order valence-corrected chi connectivity index (χ1v) is 9.25. The van der Waals surface area contributed by atoms with Gasteiger partial charge in [-0.15, -0.1) is 0 Å². The zero-order chi connectivity index (χ0) is 18.1. The molecule has 26 heavy (non-hydrogen) atoms. The number of rotatable bonds is 2. The highest BCUT2D eigenvalue weighted by Gasteiger charge is 2.23. The van der Waals surface area contributed by atoms with Gasteiger partial charge in [0.25, 0.3) is 0 Å². The van der Waals surface area contributed by atoms with Crippen LogP contribution in [0.4, 0.5) is 5.82 Å². The number of para-hydroxylation sites is 1. The van der Waals surface area contributed by atoms with Crippen LogP contribution in [0.2, 0.25) is 10.0 Å². The highest BCUT2D eigenvalue weighted by atomic mass is 35.5. The van der Waals surface area contributed by atoms with Gasteiger partial charge in [-0.25, -0.2) is 4.68 Å². The largest absolute Gasteiger partial charge is 0.370 e. The van der Waals surface area contributed by atoms with Crippen LogP contribution >= 0.6 is 23.2 Å². The Labute approximate surface area is 162 Å². The Bertz CT molecular complexity index is 1020. The van der Waals surface area contributed by atoms with Crippen molar-refractivity contribution < 1.29 is 0 Å². The number of nitriles is 1. The second-order valence-electron chi connectivity index (χ2n) is 6.23. The smallest absolute Gasteiger partial charge is 0.133 e. The summed E-state index contributed by atoms with van der Waals surface area (Å²) in [5.74, 6) is 0.950. The first-order valence-electron chi connectivity index (χ1n) is 8.49. The van der Waals surface area contributed by atoms with Gasteiger partial charge in [-0.05, 0) is 43.5 Å². The maximum absolute atomic E-state index is 9.49. The lowest BCUT2D eigenvalue weighted by Gasteiger charge is -2.10. The van der Waals surface area contributed by atoms with E-state index in [2.05, 4.69) is 11.4 Å². The van der Waals surface area contributed by atoms with Crippen molar-refractivity contribution in [3.63, 3.8) is 0 Å². The quantitative estimate of drug-likeness (QED) is 0.639. The number of hydrogen-bond acceptors (Lipinski definition) is 3. The topological polar surface area (TPSA) is 53.6 Å². The van der Waals surface area contributed by atoms with Gasteiger partial charge in [0.05, 0.1) is 27.0 Å². The third kappa shape index (κ3) is 2.94. The fraction of sp³-hybridized carbons (Fsp3) is 0.200. The maximum atomic E-state index is 9.49. The SMILES string of the molecule is N#Cc1ccccc1-n1nc(-c2ccc(Cl)c(Cl)c2)c2c1NCCCC2. The zero-order valence-electron chi connectivity index (χ0n) is 14.0. The first kappa shape index (κ1) is 17.0. The fourth-order valence-electron chi connectivity index (χ4n) is 3.30. The van der Waals surface area contributed by atoms with Gasteiger partial charge in [-0.1, -0.05) is 41.4 Å². The lowest BCUT2D eigenvalue weighted by molar-refractivity contribution is 0.780. The number of nitrogens with zero attached hydrogens (tertiary/aromatic N) is 3. The molecule has 130 valence electrons. The van der Waals surface area contributed by atoms with Gasteiger partial charge >= 0.3 is 0 Å². The van der Waals surface area contributed by atoms with Crippen molar-refractivity contribution in [1.29, 1.82) is 5.26 Å². The molecule has 0 radical (unpaired) electrons. The lowest BCUT2D eigenvalue weighted by Crippen LogP contribution is -2.08. The molecule has 1 N–H and O–H groups in total. The zero-order valence-corrected chi connectivity index (χ0v) is 15.5. The Balaban J connectivity index is 1.95. The van der Waals surface area contributed by atoms with Crippen LogP contribution in [0.1, 0.15) is 24.0 Å². The summed E-state index contributed by atoms with van der Waals surface area (Å²) in [4.78, 5) is 0. The van der Waals surface area contributed by atoms with Gasteiger partial charge in [-0.3, -0.25) is 0 Å². The number of anilines is 1. The number of hydrogen-bond donors (Lipinski definition) is 1. The van der Waals surface area contributed by atoms with Crippen molar-refractivity contribution in [2.24, 2.45) is 0 Å². The molecule has 0 saturated heterocycles. The summed E-state index contributed by atoms with van der Waals surface area (Å²) >= 11 is 12.3. The molecule has 0 fully saturated rings. The molecule has 1 aromatic heterocycles. The van der Waals surface area contributed by atoms with Crippen LogP contribution in [0.25, 0.3) is 16.9 Å².